The molecule has 2 atom stereocenters. The maximum Gasteiger partial charge on any atom is 0.0727 e. The standard InChI is InChI=1S/C11H20N2OS/c12-11(15)3-1-2-6-13-7-9-4-5-10(8-13)14-9/h9-10H,1-8H2,(H2,12,15). The largest absolute Gasteiger partial charge is 0.393 e. The average Bonchev–Trinajstić information content (AvgIpc) is 2.53. The van der Waals surface area contributed by atoms with E-state index in [2.05, 4.69) is 4.90 Å². The van der Waals surface area contributed by atoms with Crippen molar-refractivity contribution in [2.75, 3.05) is 19.6 Å². The molecule has 2 bridgehead atoms. The van der Waals surface area contributed by atoms with Gasteiger partial charge in [-0.15, -0.1) is 0 Å². The average molecular weight is 228 g/mol. The zero-order valence-electron chi connectivity index (χ0n) is 9.15. The Hall–Kier alpha value is -0.190. The summed E-state index contributed by atoms with van der Waals surface area (Å²) < 4.78 is 5.79. The number of hydrogen-bond donors (Lipinski definition) is 1. The van der Waals surface area contributed by atoms with Crippen LogP contribution < -0.4 is 5.73 Å². The highest BCUT2D eigenvalue weighted by Gasteiger charge is 2.32. The van der Waals surface area contributed by atoms with Crippen molar-refractivity contribution in [2.45, 2.75) is 44.3 Å². The van der Waals surface area contributed by atoms with E-state index in [-0.39, 0.29) is 0 Å². The molecule has 2 aliphatic heterocycles. The number of rotatable bonds is 5. The van der Waals surface area contributed by atoms with Crippen LogP contribution in [0, 0.1) is 0 Å². The minimum Gasteiger partial charge on any atom is -0.393 e. The van der Waals surface area contributed by atoms with E-state index in [1.807, 2.05) is 0 Å². The fraction of sp³-hybridized carbons (Fsp3) is 0.909. The van der Waals surface area contributed by atoms with E-state index >= 15 is 0 Å². The van der Waals surface area contributed by atoms with E-state index in [0.717, 1.165) is 25.9 Å². The maximum atomic E-state index is 5.79. The number of morpholine rings is 1. The normalized spacial score (nSPS) is 30.7. The SMILES string of the molecule is NC(=S)CCCCN1CC2CCC(C1)O2. The Balaban J connectivity index is 1.61. The summed E-state index contributed by atoms with van der Waals surface area (Å²) in [6.45, 7) is 3.44. The minimum absolute atomic E-state index is 0.513. The lowest BCUT2D eigenvalue weighted by Gasteiger charge is -2.31. The highest BCUT2D eigenvalue weighted by molar-refractivity contribution is 7.80. The lowest BCUT2D eigenvalue weighted by atomic mass is 10.2. The third-order valence-electron chi connectivity index (χ3n) is 3.27. The molecule has 2 fully saturated rings. The molecule has 86 valence electrons. The summed E-state index contributed by atoms with van der Waals surface area (Å²) >= 11 is 4.86. The number of fused-ring (bicyclic) bond motifs is 2. The first-order valence-corrected chi connectivity index (χ1v) is 6.31. The Morgan fingerprint density at radius 2 is 1.93 bits per heavy atom. The van der Waals surface area contributed by atoms with E-state index < -0.39 is 0 Å². The molecule has 0 saturated carbocycles. The van der Waals surface area contributed by atoms with Gasteiger partial charge in [0.1, 0.15) is 0 Å². The highest BCUT2D eigenvalue weighted by atomic mass is 32.1. The number of nitrogens with two attached hydrogens (primary N) is 1. The van der Waals surface area contributed by atoms with Crippen LogP contribution in [0.4, 0.5) is 0 Å². The van der Waals surface area contributed by atoms with Gasteiger partial charge in [0.25, 0.3) is 0 Å². The van der Waals surface area contributed by atoms with E-state index in [4.69, 9.17) is 22.7 Å². The van der Waals surface area contributed by atoms with Crippen molar-refractivity contribution < 1.29 is 4.74 Å². The molecule has 0 spiro atoms. The number of thiocarbonyl (C=S) groups is 1. The van der Waals surface area contributed by atoms with Gasteiger partial charge < -0.3 is 10.5 Å². The molecule has 0 aliphatic carbocycles. The fourth-order valence-electron chi connectivity index (χ4n) is 2.52. The zero-order chi connectivity index (χ0) is 10.7. The fourth-order valence-corrected chi connectivity index (χ4v) is 2.66. The number of unbranched alkanes of at least 4 members (excludes halogenated alkanes) is 1. The van der Waals surface area contributed by atoms with E-state index in [0.29, 0.717) is 17.2 Å². The Labute approximate surface area is 96.9 Å². The Kier molecular flexibility index (Phi) is 3.94. The summed E-state index contributed by atoms with van der Waals surface area (Å²) in [7, 11) is 0. The van der Waals surface area contributed by atoms with Crippen LogP contribution in [-0.2, 0) is 4.74 Å². The highest BCUT2D eigenvalue weighted by Crippen LogP contribution is 2.26. The topological polar surface area (TPSA) is 38.5 Å². The molecule has 2 saturated heterocycles. The molecule has 4 heteroatoms. The summed E-state index contributed by atoms with van der Waals surface area (Å²) in [6.07, 6.45) is 6.77. The molecule has 15 heavy (non-hydrogen) atoms. The Morgan fingerprint density at radius 1 is 1.27 bits per heavy atom. The van der Waals surface area contributed by atoms with Crippen molar-refractivity contribution in [2.24, 2.45) is 5.73 Å². The smallest absolute Gasteiger partial charge is 0.0727 e. The van der Waals surface area contributed by atoms with Crippen LogP contribution in [0.1, 0.15) is 32.1 Å². The van der Waals surface area contributed by atoms with Crippen LogP contribution in [0.3, 0.4) is 0 Å². The van der Waals surface area contributed by atoms with Crippen molar-refractivity contribution in [3.8, 4) is 0 Å². The first-order chi connectivity index (χ1) is 7.24. The second kappa shape index (κ2) is 5.23. The molecule has 0 aromatic carbocycles. The van der Waals surface area contributed by atoms with Crippen molar-refractivity contribution in [1.29, 1.82) is 0 Å². The second-order valence-corrected chi connectivity index (χ2v) is 5.16. The Bertz CT molecular complexity index is 223. The van der Waals surface area contributed by atoms with Gasteiger partial charge in [-0.05, 0) is 38.6 Å². The van der Waals surface area contributed by atoms with Crippen molar-refractivity contribution in [1.82, 2.24) is 4.90 Å². The third kappa shape index (κ3) is 3.40. The van der Waals surface area contributed by atoms with Gasteiger partial charge in [-0.3, -0.25) is 4.90 Å². The van der Waals surface area contributed by atoms with Gasteiger partial charge in [0.15, 0.2) is 0 Å². The van der Waals surface area contributed by atoms with Gasteiger partial charge >= 0.3 is 0 Å². The van der Waals surface area contributed by atoms with Gasteiger partial charge in [0.05, 0.1) is 17.2 Å². The van der Waals surface area contributed by atoms with Gasteiger partial charge in [-0.2, -0.15) is 0 Å². The van der Waals surface area contributed by atoms with Crippen LogP contribution in [0.2, 0.25) is 0 Å². The molecule has 2 N–H and O–H groups in total. The first kappa shape index (κ1) is 11.3. The van der Waals surface area contributed by atoms with Crippen LogP contribution in [0.5, 0.6) is 0 Å². The van der Waals surface area contributed by atoms with E-state index in [9.17, 15) is 0 Å². The van der Waals surface area contributed by atoms with Crippen LogP contribution >= 0.6 is 12.2 Å². The number of ether oxygens (including phenoxy) is 1. The molecule has 0 radical (unpaired) electrons. The third-order valence-corrected chi connectivity index (χ3v) is 3.47. The molecular weight excluding hydrogens is 208 g/mol. The Morgan fingerprint density at radius 3 is 2.53 bits per heavy atom. The first-order valence-electron chi connectivity index (χ1n) is 5.90. The lowest BCUT2D eigenvalue weighted by Crippen LogP contribution is -2.42. The van der Waals surface area contributed by atoms with Crippen LogP contribution in [0.25, 0.3) is 0 Å². The quantitative estimate of drug-likeness (QED) is 0.569. The van der Waals surface area contributed by atoms with Crippen molar-refractivity contribution in [3.05, 3.63) is 0 Å². The second-order valence-electron chi connectivity index (χ2n) is 4.64. The van der Waals surface area contributed by atoms with E-state index in [1.54, 1.807) is 0 Å². The van der Waals surface area contributed by atoms with Crippen molar-refractivity contribution >= 4 is 17.2 Å². The maximum absolute atomic E-state index is 5.79. The van der Waals surface area contributed by atoms with Gasteiger partial charge in [-0.25, -0.2) is 0 Å². The molecule has 0 aromatic heterocycles. The molecule has 3 nitrogen and oxygen atoms in total. The summed E-state index contributed by atoms with van der Waals surface area (Å²) in [5.41, 5.74) is 5.46. The molecular formula is C11H20N2OS. The predicted octanol–water partition coefficient (Wildman–Crippen LogP) is 1.31. The number of likely N-dealkylation sites (tertiary alicyclic amines) is 1. The monoisotopic (exact) mass is 228 g/mol. The molecule has 2 unspecified atom stereocenters. The predicted molar refractivity (Wildman–Crippen MR) is 65.0 cm³/mol. The van der Waals surface area contributed by atoms with Crippen molar-refractivity contribution in [3.63, 3.8) is 0 Å². The minimum atomic E-state index is 0.513. The van der Waals surface area contributed by atoms with Gasteiger partial charge in [-0.1, -0.05) is 12.2 Å². The summed E-state index contributed by atoms with van der Waals surface area (Å²) in [5.74, 6) is 0. The number of hydrogen-bond acceptors (Lipinski definition) is 3. The van der Waals surface area contributed by atoms with Gasteiger partial charge in [0, 0.05) is 13.1 Å². The summed E-state index contributed by atoms with van der Waals surface area (Å²) in [4.78, 5) is 3.18. The molecule has 0 amide bonds. The lowest BCUT2D eigenvalue weighted by molar-refractivity contribution is -0.0384. The summed E-state index contributed by atoms with van der Waals surface area (Å²) in [6, 6.07) is 0. The van der Waals surface area contributed by atoms with Crippen LogP contribution in [0.15, 0.2) is 0 Å². The molecule has 2 heterocycles. The van der Waals surface area contributed by atoms with Crippen LogP contribution in [-0.4, -0.2) is 41.7 Å². The zero-order valence-corrected chi connectivity index (χ0v) is 9.97. The molecule has 2 rings (SSSR count). The number of nitrogens with zero attached hydrogens (tertiary/aromatic N) is 1. The van der Waals surface area contributed by atoms with E-state index in [1.165, 1.54) is 25.8 Å². The molecule has 0 aromatic rings. The summed E-state index contributed by atoms with van der Waals surface area (Å²) in [5, 5.41) is 0. The van der Waals surface area contributed by atoms with Gasteiger partial charge in [0.2, 0.25) is 0 Å². The molecule has 2 aliphatic rings.